The largest absolute Gasteiger partial charge is 0.433 e. The Hall–Kier alpha value is -3.55. The van der Waals surface area contributed by atoms with Crippen molar-refractivity contribution in [2.24, 2.45) is 5.92 Å². The molecule has 1 fully saturated rings. The number of piperidine rings is 1. The van der Waals surface area contributed by atoms with E-state index >= 15 is 0 Å². The van der Waals surface area contributed by atoms with E-state index in [1.807, 2.05) is 11.8 Å². The Balaban J connectivity index is 1.37. The van der Waals surface area contributed by atoms with Gasteiger partial charge in [0.1, 0.15) is 11.5 Å². The normalized spacial score (nSPS) is 19.1. The van der Waals surface area contributed by atoms with E-state index in [9.17, 15) is 35.5 Å². The zero-order valence-electron chi connectivity index (χ0n) is 19.2. The first-order chi connectivity index (χ1) is 17.3. The predicted octanol–water partition coefficient (Wildman–Crippen LogP) is 5.55. The molecule has 3 aromatic rings. The number of nitrogens with zero attached hydrogens (tertiary/aromatic N) is 4. The van der Waals surface area contributed by atoms with E-state index in [2.05, 4.69) is 20.4 Å². The molecule has 0 bridgehead atoms. The standard InChI is InChI=1S/C23H20F7N5O2/c1-12-8-13(20(36)32-15-4-6-31-18(10-15)23(28,29)30)5-7-35(12)11-19-33-21(37-34-19)14-2-3-17(24)16(9-14)22(25,26)27/h2-4,6,9-10,12-13H,5,7-8,11H2,1H3,(H,31,32,36). The average molecular weight is 531 g/mol. The molecule has 1 N–H and O–H groups in total. The highest BCUT2D eigenvalue weighted by Crippen LogP contribution is 2.34. The molecule has 7 nitrogen and oxygen atoms in total. The van der Waals surface area contributed by atoms with Crippen molar-refractivity contribution in [2.75, 3.05) is 11.9 Å². The van der Waals surface area contributed by atoms with Gasteiger partial charge in [-0.2, -0.15) is 31.3 Å². The second-order valence-electron chi connectivity index (χ2n) is 8.67. The fourth-order valence-electron chi connectivity index (χ4n) is 4.09. The van der Waals surface area contributed by atoms with Gasteiger partial charge >= 0.3 is 12.4 Å². The summed E-state index contributed by atoms with van der Waals surface area (Å²) >= 11 is 0. The number of amides is 1. The minimum atomic E-state index is -4.88. The van der Waals surface area contributed by atoms with Crippen LogP contribution in [0.15, 0.2) is 41.1 Å². The van der Waals surface area contributed by atoms with Crippen molar-refractivity contribution in [3.8, 4) is 11.5 Å². The molecule has 0 saturated carbocycles. The molecule has 1 amide bonds. The van der Waals surface area contributed by atoms with E-state index in [-0.39, 0.29) is 35.6 Å². The lowest BCUT2D eigenvalue weighted by Crippen LogP contribution is -2.43. The zero-order chi connectivity index (χ0) is 27.0. The Morgan fingerprint density at radius 1 is 1.14 bits per heavy atom. The summed E-state index contributed by atoms with van der Waals surface area (Å²) in [6, 6.07) is 4.28. The topological polar surface area (TPSA) is 84.2 Å². The van der Waals surface area contributed by atoms with Gasteiger partial charge in [-0.15, -0.1) is 0 Å². The van der Waals surface area contributed by atoms with E-state index in [4.69, 9.17) is 4.52 Å². The number of hydrogen-bond donors (Lipinski definition) is 1. The number of likely N-dealkylation sites (tertiary alicyclic amines) is 1. The van der Waals surface area contributed by atoms with Gasteiger partial charge in [0.05, 0.1) is 12.1 Å². The van der Waals surface area contributed by atoms with E-state index in [0.29, 0.717) is 31.5 Å². The molecule has 14 heteroatoms. The molecule has 2 aromatic heterocycles. The molecule has 0 spiro atoms. The van der Waals surface area contributed by atoms with Crippen molar-refractivity contribution in [3.05, 3.63) is 59.4 Å². The zero-order valence-corrected chi connectivity index (χ0v) is 19.2. The summed E-state index contributed by atoms with van der Waals surface area (Å²) in [6.45, 7) is 2.47. The maximum absolute atomic E-state index is 13.5. The molecule has 3 heterocycles. The quantitative estimate of drug-likeness (QED) is 0.435. The number of alkyl halides is 6. The molecule has 1 aromatic carbocycles. The molecule has 4 rings (SSSR count). The Morgan fingerprint density at radius 2 is 1.89 bits per heavy atom. The summed E-state index contributed by atoms with van der Waals surface area (Å²) in [5.74, 6) is -2.28. The minimum Gasteiger partial charge on any atom is -0.334 e. The second-order valence-corrected chi connectivity index (χ2v) is 8.67. The SMILES string of the molecule is CC1CC(C(=O)Nc2ccnc(C(F)(F)F)c2)CCN1Cc1noc(-c2ccc(F)c(C(F)(F)F)c2)n1. The maximum Gasteiger partial charge on any atom is 0.433 e. The first-order valence-corrected chi connectivity index (χ1v) is 11.1. The van der Waals surface area contributed by atoms with Crippen LogP contribution >= 0.6 is 0 Å². The van der Waals surface area contributed by atoms with Crippen LogP contribution in [-0.2, 0) is 23.7 Å². The second kappa shape index (κ2) is 10.1. The lowest BCUT2D eigenvalue weighted by atomic mass is 9.90. The molecule has 2 atom stereocenters. The summed E-state index contributed by atoms with van der Waals surface area (Å²) in [4.78, 5) is 22.0. The van der Waals surface area contributed by atoms with Crippen LogP contribution in [0.2, 0.25) is 0 Å². The van der Waals surface area contributed by atoms with E-state index in [1.54, 1.807) is 0 Å². The van der Waals surface area contributed by atoms with E-state index in [1.165, 1.54) is 6.07 Å². The van der Waals surface area contributed by atoms with Crippen molar-refractivity contribution in [3.63, 3.8) is 0 Å². The number of halogens is 7. The number of hydrogen-bond acceptors (Lipinski definition) is 6. The molecule has 1 saturated heterocycles. The van der Waals surface area contributed by atoms with Crippen LogP contribution < -0.4 is 5.32 Å². The Kier molecular flexibility index (Phi) is 7.22. The minimum absolute atomic E-state index is 0.00351. The highest BCUT2D eigenvalue weighted by atomic mass is 19.4. The maximum atomic E-state index is 13.5. The first kappa shape index (κ1) is 26.5. The number of benzene rings is 1. The van der Waals surface area contributed by atoms with Gasteiger partial charge < -0.3 is 9.84 Å². The average Bonchev–Trinajstić information content (AvgIpc) is 3.28. The Morgan fingerprint density at radius 3 is 2.57 bits per heavy atom. The highest BCUT2D eigenvalue weighted by molar-refractivity contribution is 5.92. The third-order valence-electron chi connectivity index (χ3n) is 6.03. The highest BCUT2D eigenvalue weighted by Gasteiger charge is 2.35. The third-order valence-corrected chi connectivity index (χ3v) is 6.03. The summed E-state index contributed by atoms with van der Waals surface area (Å²) in [5.41, 5.74) is -2.64. The molecule has 1 aliphatic heterocycles. The smallest absolute Gasteiger partial charge is 0.334 e. The number of rotatable bonds is 5. The van der Waals surface area contributed by atoms with Crippen LogP contribution in [0.4, 0.5) is 36.4 Å². The van der Waals surface area contributed by atoms with Gasteiger partial charge in [-0.05, 0) is 56.6 Å². The fourth-order valence-corrected chi connectivity index (χ4v) is 4.09. The van der Waals surface area contributed by atoms with Crippen LogP contribution in [0.25, 0.3) is 11.5 Å². The van der Waals surface area contributed by atoms with Crippen molar-refractivity contribution in [2.45, 2.75) is 44.7 Å². The molecular weight excluding hydrogens is 511 g/mol. The summed E-state index contributed by atoms with van der Waals surface area (Å²) < 4.78 is 96.1. The number of carbonyl (C=O) groups is 1. The summed E-state index contributed by atoms with van der Waals surface area (Å²) in [5, 5.41) is 6.30. The molecule has 37 heavy (non-hydrogen) atoms. The fraction of sp³-hybridized carbons (Fsp3) is 0.391. The van der Waals surface area contributed by atoms with Gasteiger partial charge in [0.15, 0.2) is 5.82 Å². The number of carbonyl (C=O) groups excluding carboxylic acids is 1. The van der Waals surface area contributed by atoms with Crippen LogP contribution in [-0.4, -0.2) is 38.5 Å². The third kappa shape index (κ3) is 6.24. The molecular formula is C23H20F7N5O2. The lowest BCUT2D eigenvalue weighted by Gasteiger charge is -2.36. The first-order valence-electron chi connectivity index (χ1n) is 11.1. The number of nitrogens with one attached hydrogen (secondary N) is 1. The predicted molar refractivity (Wildman–Crippen MR) is 115 cm³/mol. The molecule has 2 unspecified atom stereocenters. The van der Waals surface area contributed by atoms with Gasteiger partial charge in [0.25, 0.3) is 5.89 Å². The molecule has 0 aliphatic carbocycles. The molecule has 198 valence electrons. The Bertz CT molecular complexity index is 1270. The van der Waals surface area contributed by atoms with E-state index < -0.39 is 41.3 Å². The van der Waals surface area contributed by atoms with Crippen LogP contribution in [0.1, 0.15) is 36.8 Å². The van der Waals surface area contributed by atoms with Crippen LogP contribution in [0.3, 0.4) is 0 Å². The van der Waals surface area contributed by atoms with Gasteiger partial charge in [0, 0.05) is 29.4 Å². The van der Waals surface area contributed by atoms with Gasteiger partial charge in [-0.3, -0.25) is 14.7 Å². The van der Waals surface area contributed by atoms with Gasteiger partial charge in [0.2, 0.25) is 5.91 Å². The summed E-state index contributed by atoms with van der Waals surface area (Å²) in [7, 11) is 0. The van der Waals surface area contributed by atoms with Crippen molar-refractivity contribution in [1.29, 1.82) is 0 Å². The van der Waals surface area contributed by atoms with Gasteiger partial charge in [-0.25, -0.2) is 4.39 Å². The monoisotopic (exact) mass is 531 g/mol. The number of anilines is 1. The molecule has 0 radical (unpaired) electrons. The van der Waals surface area contributed by atoms with Crippen LogP contribution in [0.5, 0.6) is 0 Å². The van der Waals surface area contributed by atoms with Gasteiger partial charge in [-0.1, -0.05) is 5.16 Å². The van der Waals surface area contributed by atoms with Crippen molar-refractivity contribution >= 4 is 11.6 Å². The number of pyridine rings is 1. The van der Waals surface area contributed by atoms with Crippen LogP contribution in [0, 0.1) is 11.7 Å². The lowest BCUT2D eigenvalue weighted by molar-refractivity contribution is -0.141. The summed E-state index contributed by atoms with van der Waals surface area (Å²) in [6.07, 6.45) is -7.73. The number of aromatic nitrogens is 3. The van der Waals surface area contributed by atoms with Crippen molar-refractivity contribution < 1.29 is 40.1 Å². The Labute approximate surface area is 205 Å². The van der Waals surface area contributed by atoms with Crippen molar-refractivity contribution in [1.82, 2.24) is 20.0 Å². The molecule has 1 aliphatic rings. The van der Waals surface area contributed by atoms with E-state index in [0.717, 1.165) is 18.3 Å².